The Hall–Kier alpha value is -4.41. The van der Waals surface area contributed by atoms with Crippen molar-refractivity contribution in [3.8, 4) is 11.5 Å². The van der Waals surface area contributed by atoms with Crippen molar-refractivity contribution in [3.05, 3.63) is 99.3 Å². The number of rotatable bonds is 14. The zero-order valence-corrected chi connectivity index (χ0v) is 29.3. The van der Waals surface area contributed by atoms with Gasteiger partial charge in [-0.05, 0) is 92.1 Å². The summed E-state index contributed by atoms with van der Waals surface area (Å²) < 4.78 is 26.6. The van der Waals surface area contributed by atoms with Crippen molar-refractivity contribution in [2.75, 3.05) is 26.3 Å². The first kappa shape index (κ1) is 35.4. The number of piperazine rings is 1. The van der Waals surface area contributed by atoms with E-state index in [1.807, 2.05) is 50.2 Å². The van der Waals surface area contributed by atoms with Crippen molar-refractivity contribution in [1.82, 2.24) is 15.1 Å². The highest BCUT2D eigenvalue weighted by molar-refractivity contribution is 6.32. The van der Waals surface area contributed by atoms with Gasteiger partial charge in [-0.2, -0.15) is 0 Å². The van der Waals surface area contributed by atoms with Gasteiger partial charge in [0, 0.05) is 55.7 Å². The van der Waals surface area contributed by atoms with E-state index in [-0.39, 0.29) is 49.1 Å². The maximum Gasteiger partial charge on any atom is 0.252 e. The summed E-state index contributed by atoms with van der Waals surface area (Å²) in [6.45, 7) is 5.63. The number of fused-ring (bicyclic) bond motifs is 2. The van der Waals surface area contributed by atoms with Gasteiger partial charge in [-0.15, -0.1) is 0 Å². The van der Waals surface area contributed by atoms with Crippen molar-refractivity contribution in [1.29, 1.82) is 0 Å². The van der Waals surface area contributed by atoms with Crippen molar-refractivity contribution in [3.63, 3.8) is 0 Å². The lowest BCUT2D eigenvalue weighted by Crippen LogP contribution is -2.62. The smallest absolute Gasteiger partial charge is 0.252 e. The molecule has 3 N–H and O–H groups in total. The Bertz CT molecular complexity index is 1780. The second kappa shape index (κ2) is 15.6. The van der Waals surface area contributed by atoms with E-state index in [0.29, 0.717) is 66.8 Å². The highest BCUT2D eigenvalue weighted by Gasteiger charge is 2.43. The van der Waals surface area contributed by atoms with Crippen LogP contribution in [-0.2, 0) is 20.9 Å². The van der Waals surface area contributed by atoms with E-state index in [0.717, 1.165) is 35.1 Å². The molecule has 2 atom stereocenters. The molecular formula is C39H44ClFN4O5. The second-order valence-corrected chi connectivity index (χ2v) is 13.9. The summed E-state index contributed by atoms with van der Waals surface area (Å²) in [6, 6.07) is 17.6. The molecule has 6 rings (SSSR count). The number of nitrogens with two attached hydrogens (primary N) is 1. The molecule has 2 heterocycles. The number of hydrogen-bond acceptors (Lipinski definition) is 6. The van der Waals surface area contributed by atoms with Crippen LogP contribution in [0.15, 0.2) is 66.2 Å². The van der Waals surface area contributed by atoms with E-state index in [4.69, 9.17) is 26.8 Å². The van der Waals surface area contributed by atoms with Crippen molar-refractivity contribution in [2.45, 2.75) is 77.0 Å². The molecule has 3 aromatic rings. The lowest BCUT2D eigenvalue weighted by atomic mass is 9.82. The highest BCUT2D eigenvalue weighted by atomic mass is 35.5. The van der Waals surface area contributed by atoms with Crippen LogP contribution in [0, 0.1) is 19.7 Å². The average molecular weight is 703 g/mol. The topological polar surface area (TPSA) is 114 Å². The number of nitrogens with zero attached hydrogens (tertiary/aromatic N) is 2. The quantitative estimate of drug-likeness (QED) is 0.208. The monoisotopic (exact) mass is 702 g/mol. The summed E-state index contributed by atoms with van der Waals surface area (Å²) >= 11 is 6.35. The molecule has 1 saturated carbocycles. The molecular weight excluding hydrogens is 659 g/mol. The van der Waals surface area contributed by atoms with Gasteiger partial charge in [-0.25, -0.2) is 4.39 Å². The van der Waals surface area contributed by atoms with E-state index in [1.54, 1.807) is 28.0 Å². The van der Waals surface area contributed by atoms with Gasteiger partial charge in [0.25, 0.3) is 5.91 Å². The van der Waals surface area contributed by atoms with Gasteiger partial charge in [0.1, 0.15) is 30.5 Å². The molecule has 3 aliphatic rings. The van der Waals surface area contributed by atoms with E-state index in [2.05, 4.69) is 5.32 Å². The predicted octanol–water partition coefficient (Wildman–Crippen LogP) is 5.73. The van der Waals surface area contributed by atoms with Gasteiger partial charge in [-0.1, -0.05) is 41.9 Å². The Labute approximate surface area is 297 Å². The fourth-order valence-electron chi connectivity index (χ4n) is 6.79. The molecule has 1 saturated heterocycles. The third-order valence-corrected chi connectivity index (χ3v) is 10.0. The molecule has 3 amide bonds. The van der Waals surface area contributed by atoms with Crippen LogP contribution in [0.2, 0.25) is 5.02 Å². The Kier molecular flexibility index (Phi) is 11.1. The highest BCUT2D eigenvalue weighted by Crippen LogP contribution is 2.38. The molecule has 3 aromatic carbocycles. The van der Waals surface area contributed by atoms with E-state index >= 15 is 0 Å². The van der Waals surface area contributed by atoms with Gasteiger partial charge >= 0.3 is 0 Å². The number of nitrogens with one attached hydrogen (secondary N) is 1. The SMILES string of the molecule is Cc1cc(Cl)c(OCCOc2ccc(C3=C(C(=O)N(Cc4ccccc4F)C4CC4)[C@H]4CN(C(=O)CCCC(N)=O)C[C@@H](C3)N4)cc2)cc1C. The fraction of sp³-hybridized carbons (Fsp3) is 0.410. The number of carbonyl (C=O) groups excluding carboxylic acids is 3. The first-order chi connectivity index (χ1) is 24.1. The lowest BCUT2D eigenvalue weighted by molar-refractivity contribution is -0.134. The third kappa shape index (κ3) is 8.47. The maximum atomic E-state index is 14.8. The fourth-order valence-corrected chi connectivity index (χ4v) is 7.06. The number of carbonyl (C=O) groups is 3. The Morgan fingerprint density at radius 3 is 2.42 bits per heavy atom. The van der Waals surface area contributed by atoms with Crippen LogP contribution in [-0.4, -0.2) is 72.0 Å². The summed E-state index contributed by atoms with van der Waals surface area (Å²) in [7, 11) is 0. The molecule has 9 nitrogen and oxygen atoms in total. The van der Waals surface area contributed by atoms with Crippen LogP contribution in [0.5, 0.6) is 11.5 Å². The molecule has 1 aliphatic carbocycles. The molecule has 264 valence electrons. The number of benzene rings is 3. The van der Waals surface area contributed by atoms with Gasteiger partial charge in [-0.3, -0.25) is 14.4 Å². The van der Waals surface area contributed by atoms with Gasteiger partial charge in [0.15, 0.2) is 0 Å². The standard InChI is InChI=1S/C39H44ClFN4O5/c1-24-18-32(40)35(19-25(24)2)50-17-16-49-30-14-10-26(11-15-30)31-20-28-22-44(37(47)9-5-8-36(42)46)23-34(43-28)38(31)39(48)45(29-12-13-29)21-27-6-3-4-7-33(27)41/h3-4,6-7,10-11,14-15,18-19,28-29,34,43H,5,8-9,12-13,16-17,20-23H2,1-2H3,(H2,42,46)/t28-,34-/m1/s1. The molecule has 0 radical (unpaired) electrons. The summed E-state index contributed by atoms with van der Waals surface area (Å²) in [4.78, 5) is 42.7. The summed E-state index contributed by atoms with van der Waals surface area (Å²) in [5.41, 5.74) is 10.4. The van der Waals surface area contributed by atoms with Gasteiger partial charge < -0.3 is 30.3 Å². The zero-order valence-electron chi connectivity index (χ0n) is 28.6. The number of ether oxygens (including phenoxy) is 2. The van der Waals surface area contributed by atoms with Crippen LogP contribution >= 0.6 is 11.6 Å². The van der Waals surface area contributed by atoms with Gasteiger partial charge in [0.2, 0.25) is 11.8 Å². The second-order valence-electron chi connectivity index (χ2n) is 13.5. The van der Waals surface area contributed by atoms with Crippen molar-refractivity contribution in [2.24, 2.45) is 5.73 Å². The number of aryl methyl sites for hydroxylation is 2. The Balaban J connectivity index is 1.22. The Morgan fingerprint density at radius 1 is 0.980 bits per heavy atom. The van der Waals surface area contributed by atoms with Crippen LogP contribution < -0.4 is 20.5 Å². The molecule has 11 heteroatoms. The summed E-state index contributed by atoms with van der Waals surface area (Å²) in [5, 5.41) is 4.17. The van der Waals surface area contributed by atoms with Crippen LogP contribution in [0.1, 0.15) is 60.8 Å². The molecule has 2 fully saturated rings. The summed E-state index contributed by atoms with van der Waals surface area (Å²) in [5.74, 6) is 0.303. The Morgan fingerprint density at radius 2 is 1.70 bits per heavy atom. The summed E-state index contributed by atoms with van der Waals surface area (Å²) in [6.07, 6.45) is 3.01. The van der Waals surface area contributed by atoms with Crippen molar-refractivity contribution < 1.29 is 28.2 Å². The van der Waals surface area contributed by atoms with Crippen LogP contribution in [0.25, 0.3) is 5.57 Å². The number of hydrogen-bond donors (Lipinski definition) is 2. The van der Waals surface area contributed by atoms with Crippen molar-refractivity contribution >= 4 is 34.9 Å². The number of primary amides is 1. The van der Waals surface area contributed by atoms with Crippen LogP contribution in [0.4, 0.5) is 4.39 Å². The van der Waals surface area contributed by atoms with Crippen LogP contribution in [0.3, 0.4) is 0 Å². The predicted molar refractivity (Wildman–Crippen MR) is 190 cm³/mol. The molecule has 0 aromatic heterocycles. The van der Waals surface area contributed by atoms with E-state index < -0.39 is 11.9 Å². The molecule has 0 unspecified atom stereocenters. The normalized spacial score (nSPS) is 18.5. The molecule has 0 spiro atoms. The third-order valence-electron chi connectivity index (χ3n) is 9.71. The average Bonchev–Trinajstić information content (AvgIpc) is 3.93. The maximum absolute atomic E-state index is 14.8. The minimum atomic E-state index is -0.433. The number of amides is 3. The first-order valence-electron chi connectivity index (χ1n) is 17.3. The molecule has 2 bridgehead atoms. The lowest BCUT2D eigenvalue weighted by Gasteiger charge is -2.45. The van der Waals surface area contributed by atoms with E-state index in [1.165, 1.54) is 6.07 Å². The zero-order chi connectivity index (χ0) is 35.4. The molecule has 2 aliphatic heterocycles. The minimum Gasteiger partial charge on any atom is -0.490 e. The largest absolute Gasteiger partial charge is 0.490 e. The number of halogens is 2. The minimum absolute atomic E-state index is 0.0282. The first-order valence-corrected chi connectivity index (χ1v) is 17.7. The molecule has 50 heavy (non-hydrogen) atoms. The van der Waals surface area contributed by atoms with E-state index in [9.17, 15) is 18.8 Å². The van der Waals surface area contributed by atoms with Gasteiger partial charge in [0.05, 0.1) is 11.1 Å².